The third-order valence-corrected chi connectivity index (χ3v) is 7.96. The summed E-state index contributed by atoms with van der Waals surface area (Å²) in [5.41, 5.74) is 1.92. The Bertz CT molecular complexity index is 1150. The van der Waals surface area contributed by atoms with Crippen LogP contribution in [-0.4, -0.2) is 36.7 Å². The zero-order valence-corrected chi connectivity index (χ0v) is 18.0. The van der Waals surface area contributed by atoms with Gasteiger partial charge in [-0.1, -0.05) is 6.92 Å². The zero-order chi connectivity index (χ0) is 20.6. The first kappa shape index (κ1) is 20.0. The predicted molar refractivity (Wildman–Crippen MR) is 116 cm³/mol. The van der Waals surface area contributed by atoms with E-state index in [1.165, 1.54) is 12.1 Å². The molecule has 0 saturated carbocycles. The van der Waals surface area contributed by atoms with E-state index in [1.807, 2.05) is 25.1 Å². The van der Waals surface area contributed by atoms with Crippen LogP contribution in [0.5, 0.6) is 0 Å². The predicted octanol–water partition coefficient (Wildman–Crippen LogP) is 4.28. The van der Waals surface area contributed by atoms with Gasteiger partial charge in [-0.05, 0) is 68.1 Å². The quantitative estimate of drug-likeness (QED) is 0.671. The van der Waals surface area contributed by atoms with Crippen molar-refractivity contribution in [2.45, 2.75) is 31.6 Å². The summed E-state index contributed by atoms with van der Waals surface area (Å²) >= 11 is 1.61. The minimum absolute atomic E-state index is 0.225. The van der Waals surface area contributed by atoms with Crippen LogP contribution in [0.4, 0.5) is 5.69 Å². The van der Waals surface area contributed by atoms with Gasteiger partial charge in [0, 0.05) is 24.3 Å². The van der Waals surface area contributed by atoms with Crippen molar-refractivity contribution < 1.29 is 13.2 Å². The van der Waals surface area contributed by atoms with E-state index in [2.05, 4.69) is 17.2 Å². The molecule has 1 unspecified atom stereocenters. The van der Waals surface area contributed by atoms with Gasteiger partial charge in [-0.25, -0.2) is 13.4 Å². The lowest BCUT2D eigenvalue weighted by Gasteiger charge is -2.30. The number of rotatable bonds is 4. The van der Waals surface area contributed by atoms with Gasteiger partial charge in [-0.15, -0.1) is 11.3 Å². The molecule has 6 nitrogen and oxygen atoms in total. The van der Waals surface area contributed by atoms with Gasteiger partial charge < -0.3 is 5.32 Å². The molecule has 1 atom stereocenters. The number of amides is 1. The van der Waals surface area contributed by atoms with Crippen LogP contribution in [0.1, 0.15) is 35.1 Å². The van der Waals surface area contributed by atoms with E-state index < -0.39 is 10.0 Å². The Morgan fingerprint density at radius 1 is 1.21 bits per heavy atom. The molecule has 1 aliphatic rings. The smallest absolute Gasteiger partial charge is 0.255 e. The molecular weight excluding hydrogens is 406 g/mol. The number of aromatic nitrogens is 1. The number of hydrogen-bond donors (Lipinski definition) is 1. The van der Waals surface area contributed by atoms with Crippen LogP contribution < -0.4 is 5.32 Å². The Hall–Kier alpha value is -2.29. The van der Waals surface area contributed by atoms with Gasteiger partial charge in [-0.2, -0.15) is 4.31 Å². The van der Waals surface area contributed by atoms with Crippen molar-refractivity contribution in [3.8, 4) is 0 Å². The number of hydrogen-bond acceptors (Lipinski definition) is 5. The minimum atomic E-state index is -3.52. The highest BCUT2D eigenvalue weighted by molar-refractivity contribution is 7.89. The number of piperidine rings is 1. The highest BCUT2D eigenvalue weighted by Gasteiger charge is 2.28. The topological polar surface area (TPSA) is 79.4 Å². The number of nitrogens with zero attached hydrogens (tertiary/aromatic N) is 2. The molecule has 0 bridgehead atoms. The summed E-state index contributed by atoms with van der Waals surface area (Å²) in [6, 6.07) is 11.8. The van der Waals surface area contributed by atoms with Crippen LogP contribution in [-0.2, 0) is 10.0 Å². The number of carbonyl (C=O) groups is 1. The minimum Gasteiger partial charge on any atom is -0.322 e. The number of sulfonamides is 1. The number of anilines is 1. The molecule has 29 heavy (non-hydrogen) atoms. The summed E-state index contributed by atoms with van der Waals surface area (Å²) in [6.45, 7) is 5.11. The van der Waals surface area contributed by atoms with Crippen molar-refractivity contribution >= 4 is 43.2 Å². The normalized spacial score (nSPS) is 18.1. The fraction of sp³-hybridized carbons (Fsp3) is 0.333. The lowest BCUT2D eigenvalue weighted by Crippen LogP contribution is -2.39. The van der Waals surface area contributed by atoms with Crippen molar-refractivity contribution in [1.29, 1.82) is 0 Å². The van der Waals surface area contributed by atoms with E-state index in [-0.39, 0.29) is 10.8 Å². The van der Waals surface area contributed by atoms with Crippen LogP contribution in [0.3, 0.4) is 0 Å². The van der Waals surface area contributed by atoms with E-state index in [0.717, 1.165) is 28.1 Å². The van der Waals surface area contributed by atoms with Crippen LogP contribution in [0.15, 0.2) is 47.4 Å². The van der Waals surface area contributed by atoms with E-state index in [9.17, 15) is 13.2 Å². The Balaban J connectivity index is 1.49. The molecule has 0 spiro atoms. The second-order valence-corrected chi connectivity index (χ2v) is 10.7. The summed E-state index contributed by atoms with van der Waals surface area (Å²) < 4.78 is 28.3. The molecule has 152 valence electrons. The van der Waals surface area contributed by atoms with Crippen molar-refractivity contribution in [2.24, 2.45) is 5.92 Å². The lowest BCUT2D eigenvalue weighted by atomic mass is 10.0. The molecule has 0 radical (unpaired) electrons. The first-order valence-corrected chi connectivity index (χ1v) is 11.9. The van der Waals surface area contributed by atoms with E-state index in [1.54, 1.807) is 27.8 Å². The average molecular weight is 430 g/mol. The number of fused-ring (bicyclic) bond motifs is 1. The Morgan fingerprint density at radius 2 is 1.97 bits per heavy atom. The maximum atomic E-state index is 12.9. The molecule has 1 saturated heterocycles. The standard InChI is InChI=1S/C21H23N3O3S2/c1-14-4-3-11-24(13-14)29(26,27)18-8-5-16(6-9-18)21(25)23-17-7-10-20-19(12-17)22-15(2)28-20/h5-10,12,14H,3-4,11,13H2,1-2H3,(H,23,25). The molecular formula is C21H23N3O3S2. The second-order valence-electron chi connectivity index (χ2n) is 7.50. The van der Waals surface area contributed by atoms with E-state index in [4.69, 9.17) is 0 Å². The fourth-order valence-corrected chi connectivity index (χ4v) is 6.02. The summed E-state index contributed by atoms with van der Waals surface area (Å²) in [4.78, 5) is 17.2. The number of benzene rings is 2. The van der Waals surface area contributed by atoms with E-state index >= 15 is 0 Å². The SMILES string of the molecule is Cc1nc2cc(NC(=O)c3ccc(S(=O)(=O)N4CCCC(C)C4)cc3)ccc2s1. The van der Waals surface area contributed by atoms with Gasteiger partial charge in [0.05, 0.1) is 20.1 Å². The summed E-state index contributed by atoms with van der Waals surface area (Å²) in [5, 5.41) is 3.83. The maximum absolute atomic E-state index is 12.9. The molecule has 2 aromatic carbocycles. The molecule has 3 aromatic rings. The number of nitrogens with one attached hydrogen (secondary N) is 1. The molecule has 1 aromatic heterocycles. The van der Waals surface area contributed by atoms with Gasteiger partial charge in [-0.3, -0.25) is 4.79 Å². The third-order valence-electron chi connectivity index (χ3n) is 5.13. The first-order chi connectivity index (χ1) is 13.8. The molecule has 1 N–H and O–H groups in total. The Morgan fingerprint density at radius 3 is 2.69 bits per heavy atom. The molecule has 1 amide bonds. The highest BCUT2D eigenvalue weighted by Crippen LogP contribution is 2.26. The van der Waals surface area contributed by atoms with Gasteiger partial charge in [0.15, 0.2) is 0 Å². The monoisotopic (exact) mass is 429 g/mol. The fourth-order valence-electron chi connectivity index (χ4n) is 3.62. The average Bonchev–Trinajstić information content (AvgIpc) is 3.07. The summed E-state index contributed by atoms with van der Waals surface area (Å²) in [6.07, 6.45) is 1.93. The summed E-state index contributed by atoms with van der Waals surface area (Å²) in [5.74, 6) is 0.0780. The van der Waals surface area contributed by atoms with E-state index in [0.29, 0.717) is 30.3 Å². The zero-order valence-electron chi connectivity index (χ0n) is 16.4. The van der Waals surface area contributed by atoms with Crippen molar-refractivity contribution in [1.82, 2.24) is 9.29 Å². The summed E-state index contributed by atoms with van der Waals surface area (Å²) in [7, 11) is -3.52. The van der Waals surface area contributed by atoms with Crippen molar-refractivity contribution in [2.75, 3.05) is 18.4 Å². The van der Waals surface area contributed by atoms with Gasteiger partial charge in [0.1, 0.15) is 0 Å². The largest absolute Gasteiger partial charge is 0.322 e. The van der Waals surface area contributed by atoms with Crippen LogP contribution >= 0.6 is 11.3 Å². The lowest BCUT2D eigenvalue weighted by molar-refractivity contribution is 0.102. The van der Waals surface area contributed by atoms with Crippen molar-refractivity contribution in [3.63, 3.8) is 0 Å². The molecule has 2 heterocycles. The van der Waals surface area contributed by atoms with Gasteiger partial charge >= 0.3 is 0 Å². The van der Waals surface area contributed by atoms with Crippen LogP contribution in [0, 0.1) is 12.8 Å². The third kappa shape index (κ3) is 4.19. The maximum Gasteiger partial charge on any atom is 0.255 e. The van der Waals surface area contributed by atoms with Crippen molar-refractivity contribution in [3.05, 3.63) is 53.0 Å². The molecule has 1 fully saturated rings. The molecule has 1 aliphatic heterocycles. The molecule has 8 heteroatoms. The Kier molecular flexibility index (Phi) is 5.42. The molecule has 0 aliphatic carbocycles. The van der Waals surface area contributed by atoms with Crippen LogP contribution in [0.2, 0.25) is 0 Å². The van der Waals surface area contributed by atoms with Gasteiger partial charge in [0.25, 0.3) is 5.91 Å². The molecule has 4 rings (SSSR count). The first-order valence-electron chi connectivity index (χ1n) is 9.62. The second kappa shape index (κ2) is 7.85. The highest BCUT2D eigenvalue weighted by atomic mass is 32.2. The van der Waals surface area contributed by atoms with Gasteiger partial charge in [0.2, 0.25) is 10.0 Å². The van der Waals surface area contributed by atoms with Crippen LogP contribution in [0.25, 0.3) is 10.2 Å². The Labute approximate surface area is 174 Å². The number of aryl methyl sites for hydroxylation is 1. The number of carbonyl (C=O) groups excluding carboxylic acids is 1. The number of thiazole rings is 1.